The van der Waals surface area contributed by atoms with E-state index >= 15 is 0 Å². The number of alkyl halides is 3. The Morgan fingerprint density at radius 2 is 2.10 bits per heavy atom. The molecule has 2 N–H and O–H groups in total. The molecule has 0 saturated carbocycles. The minimum Gasteiger partial charge on any atom is -0.348 e. The van der Waals surface area contributed by atoms with Gasteiger partial charge in [-0.15, -0.1) is 0 Å². The Morgan fingerprint density at radius 1 is 1.40 bits per heavy atom. The summed E-state index contributed by atoms with van der Waals surface area (Å²) < 4.78 is 35.8. The number of halogens is 4. The molecule has 1 aromatic carbocycles. The highest BCUT2D eigenvalue weighted by atomic mass is 35.5. The molecule has 0 aliphatic rings. The van der Waals surface area contributed by atoms with Crippen LogP contribution in [0.1, 0.15) is 24.9 Å². The lowest BCUT2D eigenvalue weighted by Gasteiger charge is -2.18. The standard InChI is InChI=1S/C13H16ClF3N2O/c1-2-11(9-4-3-5-10(14)6-9)19-12(20)7-18-8-13(15,16)17/h3-6,11,18H,2,7-8H2,1H3,(H,19,20). The Balaban J connectivity index is 2.50. The summed E-state index contributed by atoms with van der Waals surface area (Å²) in [6, 6.07) is 6.73. The number of amides is 1. The summed E-state index contributed by atoms with van der Waals surface area (Å²) in [5.74, 6) is -0.485. The Morgan fingerprint density at radius 3 is 2.65 bits per heavy atom. The first kappa shape index (κ1) is 16.8. The first-order chi connectivity index (χ1) is 9.31. The second-order valence-electron chi connectivity index (χ2n) is 4.30. The zero-order chi connectivity index (χ0) is 15.2. The lowest BCUT2D eigenvalue weighted by Crippen LogP contribution is -2.39. The summed E-state index contributed by atoms with van der Waals surface area (Å²) in [5, 5.41) is 5.27. The average Bonchev–Trinajstić information content (AvgIpc) is 2.34. The fourth-order valence-electron chi connectivity index (χ4n) is 1.71. The van der Waals surface area contributed by atoms with Gasteiger partial charge in [0.1, 0.15) is 0 Å². The molecule has 3 nitrogen and oxygen atoms in total. The normalized spacial score (nSPS) is 13.1. The summed E-state index contributed by atoms with van der Waals surface area (Å²) in [6.07, 6.45) is -3.71. The van der Waals surface area contributed by atoms with Gasteiger partial charge in [-0.1, -0.05) is 30.7 Å². The van der Waals surface area contributed by atoms with Crippen LogP contribution < -0.4 is 10.6 Å². The number of carbonyl (C=O) groups excluding carboxylic acids is 1. The maximum absolute atomic E-state index is 11.9. The van der Waals surface area contributed by atoms with E-state index in [-0.39, 0.29) is 12.6 Å². The van der Waals surface area contributed by atoms with Gasteiger partial charge >= 0.3 is 6.18 Å². The SMILES string of the molecule is CCC(NC(=O)CNCC(F)(F)F)c1cccc(Cl)c1. The summed E-state index contributed by atoms with van der Waals surface area (Å²) >= 11 is 5.87. The maximum atomic E-state index is 11.9. The van der Waals surface area contributed by atoms with Crippen LogP contribution in [-0.2, 0) is 4.79 Å². The van der Waals surface area contributed by atoms with Crippen LogP contribution in [0.15, 0.2) is 24.3 Å². The molecule has 0 aromatic heterocycles. The smallest absolute Gasteiger partial charge is 0.348 e. The van der Waals surface area contributed by atoms with Gasteiger partial charge in [-0.25, -0.2) is 0 Å². The molecular weight excluding hydrogens is 293 g/mol. The molecule has 0 aliphatic heterocycles. The molecule has 0 spiro atoms. The first-order valence-electron chi connectivity index (χ1n) is 6.14. The summed E-state index contributed by atoms with van der Waals surface area (Å²) in [6.45, 7) is 0.306. The Bertz CT molecular complexity index is 451. The highest BCUT2D eigenvalue weighted by molar-refractivity contribution is 6.30. The minimum atomic E-state index is -4.32. The van der Waals surface area contributed by atoms with Gasteiger partial charge in [0.2, 0.25) is 5.91 Å². The fourth-order valence-corrected chi connectivity index (χ4v) is 1.91. The van der Waals surface area contributed by atoms with Crippen LogP contribution in [0.2, 0.25) is 5.02 Å². The zero-order valence-corrected chi connectivity index (χ0v) is 11.7. The van der Waals surface area contributed by atoms with Gasteiger partial charge < -0.3 is 10.6 Å². The average molecular weight is 309 g/mol. The molecular formula is C13H16ClF3N2O. The van der Waals surface area contributed by atoms with Crippen LogP contribution in [0.25, 0.3) is 0 Å². The third-order valence-electron chi connectivity index (χ3n) is 2.61. The molecule has 0 bridgehead atoms. The molecule has 0 heterocycles. The van der Waals surface area contributed by atoms with E-state index in [9.17, 15) is 18.0 Å². The lowest BCUT2D eigenvalue weighted by atomic mass is 10.0. The fraction of sp³-hybridized carbons (Fsp3) is 0.462. The zero-order valence-electron chi connectivity index (χ0n) is 10.9. The van der Waals surface area contributed by atoms with Crippen molar-refractivity contribution in [3.63, 3.8) is 0 Å². The van der Waals surface area contributed by atoms with E-state index in [1.165, 1.54) is 0 Å². The van der Waals surface area contributed by atoms with Gasteiger partial charge in [0.05, 0.1) is 19.1 Å². The third kappa shape index (κ3) is 6.25. The molecule has 1 atom stereocenters. The summed E-state index contributed by atoms with van der Waals surface area (Å²) in [5.41, 5.74) is 0.823. The molecule has 20 heavy (non-hydrogen) atoms. The van der Waals surface area contributed by atoms with Crippen molar-refractivity contribution in [1.29, 1.82) is 0 Å². The maximum Gasteiger partial charge on any atom is 0.401 e. The van der Waals surface area contributed by atoms with Gasteiger partial charge in [0.25, 0.3) is 0 Å². The van der Waals surface area contributed by atoms with Crippen molar-refractivity contribution in [2.75, 3.05) is 13.1 Å². The van der Waals surface area contributed by atoms with E-state index in [4.69, 9.17) is 11.6 Å². The predicted molar refractivity (Wildman–Crippen MR) is 71.6 cm³/mol. The van der Waals surface area contributed by atoms with E-state index in [2.05, 4.69) is 10.6 Å². The molecule has 1 unspecified atom stereocenters. The van der Waals surface area contributed by atoms with E-state index < -0.39 is 18.6 Å². The second kappa shape index (κ2) is 7.50. The first-order valence-corrected chi connectivity index (χ1v) is 6.52. The van der Waals surface area contributed by atoms with Crippen LogP contribution in [0.4, 0.5) is 13.2 Å². The van der Waals surface area contributed by atoms with E-state index in [0.29, 0.717) is 11.4 Å². The summed E-state index contributed by atoms with van der Waals surface area (Å²) in [7, 11) is 0. The number of hydrogen-bond acceptors (Lipinski definition) is 2. The van der Waals surface area contributed by atoms with Gasteiger partial charge in [-0.3, -0.25) is 4.79 Å². The molecule has 1 aromatic rings. The van der Waals surface area contributed by atoms with Crippen LogP contribution >= 0.6 is 11.6 Å². The Kier molecular flexibility index (Phi) is 6.29. The van der Waals surface area contributed by atoms with Crippen molar-refractivity contribution in [1.82, 2.24) is 10.6 Å². The third-order valence-corrected chi connectivity index (χ3v) is 2.84. The van der Waals surface area contributed by atoms with Crippen molar-refractivity contribution in [3.8, 4) is 0 Å². The number of benzene rings is 1. The molecule has 112 valence electrons. The molecule has 1 rings (SSSR count). The van der Waals surface area contributed by atoms with Crippen LogP contribution in [0.5, 0.6) is 0 Å². The minimum absolute atomic E-state index is 0.270. The quantitative estimate of drug-likeness (QED) is 0.848. The monoisotopic (exact) mass is 308 g/mol. The van der Waals surface area contributed by atoms with Gasteiger partial charge in [-0.2, -0.15) is 13.2 Å². The second-order valence-corrected chi connectivity index (χ2v) is 4.74. The molecule has 0 aliphatic carbocycles. The van der Waals surface area contributed by atoms with E-state index in [1.54, 1.807) is 18.2 Å². The number of carbonyl (C=O) groups is 1. The summed E-state index contributed by atoms with van der Waals surface area (Å²) in [4.78, 5) is 11.6. The highest BCUT2D eigenvalue weighted by Crippen LogP contribution is 2.20. The number of nitrogens with one attached hydrogen (secondary N) is 2. The van der Waals surface area contributed by atoms with Gasteiger partial charge in [-0.05, 0) is 24.1 Å². The lowest BCUT2D eigenvalue weighted by molar-refractivity contribution is -0.128. The van der Waals surface area contributed by atoms with E-state index in [0.717, 1.165) is 5.56 Å². The largest absolute Gasteiger partial charge is 0.401 e. The molecule has 1 amide bonds. The van der Waals surface area contributed by atoms with Crippen LogP contribution in [-0.4, -0.2) is 25.2 Å². The predicted octanol–water partition coefficient (Wildman–Crippen LogP) is 3.06. The van der Waals surface area contributed by atoms with Crippen molar-refractivity contribution in [3.05, 3.63) is 34.9 Å². The van der Waals surface area contributed by atoms with Crippen molar-refractivity contribution in [2.45, 2.75) is 25.6 Å². The van der Waals surface area contributed by atoms with Gasteiger partial charge in [0, 0.05) is 5.02 Å². The van der Waals surface area contributed by atoms with Crippen molar-refractivity contribution >= 4 is 17.5 Å². The topological polar surface area (TPSA) is 41.1 Å². The highest BCUT2D eigenvalue weighted by Gasteiger charge is 2.26. The molecule has 0 fully saturated rings. The number of hydrogen-bond donors (Lipinski definition) is 2. The van der Waals surface area contributed by atoms with Gasteiger partial charge in [0.15, 0.2) is 0 Å². The molecule has 0 saturated heterocycles. The molecule has 7 heteroatoms. The number of rotatable bonds is 6. The van der Waals surface area contributed by atoms with Crippen LogP contribution in [0.3, 0.4) is 0 Å². The van der Waals surface area contributed by atoms with Crippen molar-refractivity contribution in [2.24, 2.45) is 0 Å². The van der Waals surface area contributed by atoms with Crippen LogP contribution in [0, 0.1) is 0 Å². The van der Waals surface area contributed by atoms with E-state index in [1.807, 2.05) is 13.0 Å². The molecule has 0 radical (unpaired) electrons. The Labute approximate surface area is 120 Å². The Hall–Kier alpha value is -1.27. The van der Waals surface area contributed by atoms with Crippen molar-refractivity contribution < 1.29 is 18.0 Å².